The molecule has 0 amide bonds. The van der Waals surface area contributed by atoms with Crippen molar-refractivity contribution in [1.82, 2.24) is 5.32 Å². The highest BCUT2D eigenvalue weighted by atomic mass is 79.9. The lowest BCUT2D eigenvalue weighted by molar-refractivity contribution is -0.159. The third kappa shape index (κ3) is 2.95. The molecule has 2 heterocycles. The number of hydrogen-bond donors (Lipinski definition) is 1. The number of carbonyl (C=O) groups is 1. The molecule has 8 heteroatoms. The molecule has 0 aliphatic carbocycles. The first-order valence-electron chi connectivity index (χ1n) is 8.86. The molecule has 146 valence electrons. The van der Waals surface area contributed by atoms with Gasteiger partial charge in [-0.05, 0) is 68.5 Å². The second-order valence-electron chi connectivity index (χ2n) is 6.81. The highest BCUT2D eigenvalue weighted by molar-refractivity contribution is 9.10. The lowest BCUT2D eigenvalue weighted by Gasteiger charge is -2.55. The molecular weight excluding hydrogens is 447 g/mol. The fourth-order valence-electron chi connectivity index (χ4n) is 3.93. The van der Waals surface area contributed by atoms with E-state index in [-0.39, 0.29) is 18.4 Å². The normalized spacial score (nSPS) is 25.4. The maximum atomic E-state index is 13.5. The van der Waals surface area contributed by atoms with Crippen molar-refractivity contribution in [2.24, 2.45) is 5.92 Å². The molecule has 2 aromatic rings. The number of ether oxygens (including phenoxy) is 2. The molecule has 3 atom stereocenters. The third-order valence-electron chi connectivity index (χ3n) is 5.09. The van der Waals surface area contributed by atoms with Crippen molar-refractivity contribution in [2.45, 2.75) is 25.6 Å². The SMILES string of the molecule is CCOC(=O)[C@@H]1[C@H]2NC(=S)N(c3ccc(F)cc3)[C@@]1(C)Oc1ccc(Br)cc12. The molecule has 4 rings (SSSR count). The number of nitrogens with one attached hydrogen (secondary N) is 1. The van der Waals surface area contributed by atoms with Crippen LogP contribution in [-0.2, 0) is 9.53 Å². The van der Waals surface area contributed by atoms with Crippen LogP contribution in [0.4, 0.5) is 10.1 Å². The Bertz CT molecular complexity index is 955. The molecule has 0 saturated carbocycles. The van der Waals surface area contributed by atoms with Crippen LogP contribution in [0.15, 0.2) is 46.9 Å². The second kappa shape index (κ2) is 7.00. The van der Waals surface area contributed by atoms with Crippen LogP contribution in [0.25, 0.3) is 0 Å². The number of thiocarbonyl (C=S) groups is 1. The summed E-state index contributed by atoms with van der Waals surface area (Å²) in [6.45, 7) is 3.83. The second-order valence-corrected chi connectivity index (χ2v) is 8.11. The van der Waals surface area contributed by atoms with Gasteiger partial charge in [-0.2, -0.15) is 0 Å². The molecule has 0 unspecified atom stereocenters. The fraction of sp³-hybridized carbons (Fsp3) is 0.300. The number of halogens is 2. The Kier molecular flexibility index (Phi) is 4.79. The molecular formula is C20H18BrFN2O3S. The molecule has 2 aliphatic rings. The lowest BCUT2D eigenvalue weighted by atomic mass is 9.79. The van der Waals surface area contributed by atoms with E-state index in [0.717, 1.165) is 10.0 Å². The van der Waals surface area contributed by atoms with E-state index in [1.54, 1.807) is 24.0 Å². The van der Waals surface area contributed by atoms with Crippen molar-refractivity contribution < 1.29 is 18.7 Å². The molecule has 0 radical (unpaired) electrons. The summed E-state index contributed by atoms with van der Waals surface area (Å²) in [6, 6.07) is 11.1. The summed E-state index contributed by atoms with van der Waals surface area (Å²) < 4.78 is 26.1. The van der Waals surface area contributed by atoms with Gasteiger partial charge in [0.05, 0.1) is 12.6 Å². The highest BCUT2D eigenvalue weighted by Gasteiger charge is 2.59. The maximum absolute atomic E-state index is 13.5. The fourth-order valence-corrected chi connectivity index (χ4v) is 4.72. The first-order chi connectivity index (χ1) is 13.3. The van der Waals surface area contributed by atoms with Gasteiger partial charge in [-0.15, -0.1) is 0 Å². The molecule has 2 bridgehead atoms. The quantitative estimate of drug-likeness (QED) is 0.539. The standard InChI is InChI=1S/C20H18BrFN2O3S/c1-3-26-18(25)16-17-14-10-11(21)4-9-15(14)27-20(16,2)24(19(28)23-17)13-7-5-12(22)6-8-13/h4-10,16-17H,3H2,1-2H3,(H,23,28)/t16-,17-,20-/m0/s1. The Labute approximate surface area is 175 Å². The van der Waals surface area contributed by atoms with E-state index in [1.165, 1.54) is 12.1 Å². The van der Waals surface area contributed by atoms with Gasteiger partial charge in [0.15, 0.2) is 5.11 Å². The molecule has 28 heavy (non-hydrogen) atoms. The van der Waals surface area contributed by atoms with Crippen LogP contribution in [0.1, 0.15) is 25.5 Å². The average Bonchev–Trinajstić information content (AvgIpc) is 2.63. The summed E-state index contributed by atoms with van der Waals surface area (Å²) >= 11 is 9.08. The van der Waals surface area contributed by atoms with Gasteiger partial charge in [-0.3, -0.25) is 9.69 Å². The molecule has 1 saturated heterocycles. The van der Waals surface area contributed by atoms with Gasteiger partial charge in [-0.25, -0.2) is 4.39 Å². The monoisotopic (exact) mass is 464 g/mol. The van der Waals surface area contributed by atoms with Crippen LogP contribution in [-0.4, -0.2) is 23.4 Å². The van der Waals surface area contributed by atoms with Gasteiger partial charge in [0.25, 0.3) is 0 Å². The number of esters is 1. The minimum absolute atomic E-state index is 0.254. The smallest absolute Gasteiger partial charge is 0.317 e. The summed E-state index contributed by atoms with van der Waals surface area (Å²) in [5.41, 5.74) is 0.304. The molecule has 0 spiro atoms. The largest absolute Gasteiger partial charge is 0.466 e. The Morgan fingerprint density at radius 2 is 2.07 bits per heavy atom. The van der Waals surface area contributed by atoms with Crippen LogP contribution in [0.3, 0.4) is 0 Å². The van der Waals surface area contributed by atoms with Crippen LogP contribution < -0.4 is 15.0 Å². The number of carbonyl (C=O) groups excluding carboxylic acids is 1. The van der Waals surface area contributed by atoms with Gasteiger partial charge in [-0.1, -0.05) is 15.9 Å². The Hall–Kier alpha value is -2.19. The van der Waals surface area contributed by atoms with E-state index in [1.807, 2.05) is 25.1 Å². The number of nitrogens with zero attached hydrogens (tertiary/aromatic N) is 1. The van der Waals surface area contributed by atoms with Crippen LogP contribution in [0.5, 0.6) is 5.75 Å². The minimum Gasteiger partial charge on any atom is -0.466 e. The zero-order valence-corrected chi connectivity index (χ0v) is 17.6. The van der Waals surface area contributed by atoms with Crippen molar-refractivity contribution in [2.75, 3.05) is 11.5 Å². The van der Waals surface area contributed by atoms with Crippen LogP contribution in [0.2, 0.25) is 0 Å². The predicted molar refractivity (Wildman–Crippen MR) is 111 cm³/mol. The molecule has 5 nitrogen and oxygen atoms in total. The summed E-state index contributed by atoms with van der Waals surface area (Å²) in [5.74, 6) is -0.781. The first kappa shape index (κ1) is 19.1. The molecule has 2 aromatic carbocycles. The Balaban J connectivity index is 1.89. The Morgan fingerprint density at radius 1 is 1.36 bits per heavy atom. The summed E-state index contributed by atoms with van der Waals surface area (Å²) in [6.07, 6.45) is 0. The highest BCUT2D eigenvalue weighted by Crippen LogP contribution is 2.50. The number of anilines is 1. The molecule has 2 aliphatic heterocycles. The lowest BCUT2D eigenvalue weighted by Crippen LogP contribution is -2.71. The summed E-state index contributed by atoms with van der Waals surface area (Å²) in [7, 11) is 0. The van der Waals surface area contributed by atoms with E-state index in [0.29, 0.717) is 16.5 Å². The zero-order chi connectivity index (χ0) is 20.1. The van der Waals surface area contributed by atoms with Crippen molar-refractivity contribution in [3.8, 4) is 5.75 Å². The van der Waals surface area contributed by atoms with Gasteiger partial charge in [0.1, 0.15) is 17.5 Å². The van der Waals surface area contributed by atoms with E-state index in [2.05, 4.69) is 21.2 Å². The number of hydrogen-bond acceptors (Lipinski definition) is 4. The zero-order valence-electron chi connectivity index (χ0n) is 15.2. The summed E-state index contributed by atoms with van der Waals surface area (Å²) in [4.78, 5) is 14.7. The van der Waals surface area contributed by atoms with E-state index >= 15 is 0 Å². The molecule has 1 N–H and O–H groups in total. The predicted octanol–water partition coefficient (Wildman–Crippen LogP) is 4.31. The molecule has 1 fully saturated rings. The van der Waals surface area contributed by atoms with Gasteiger partial charge in [0, 0.05) is 15.7 Å². The number of benzene rings is 2. The van der Waals surface area contributed by atoms with Crippen molar-refractivity contribution in [1.29, 1.82) is 0 Å². The maximum Gasteiger partial charge on any atom is 0.317 e. The van der Waals surface area contributed by atoms with Gasteiger partial charge >= 0.3 is 5.97 Å². The number of rotatable bonds is 3. The molecule has 0 aromatic heterocycles. The van der Waals surface area contributed by atoms with Gasteiger partial charge < -0.3 is 14.8 Å². The van der Waals surface area contributed by atoms with Crippen molar-refractivity contribution >= 4 is 44.9 Å². The third-order valence-corrected chi connectivity index (χ3v) is 5.88. The Morgan fingerprint density at radius 3 is 2.75 bits per heavy atom. The van der Waals surface area contributed by atoms with Crippen LogP contribution >= 0.6 is 28.1 Å². The summed E-state index contributed by atoms with van der Waals surface area (Å²) in [5, 5.41) is 3.66. The van der Waals surface area contributed by atoms with E-state index in [9.17, 15) is 9.18 Å². The first-order valence-corrected chi connectivity index (χ1v) is 10.1. The number of fused-ring (bicyclic) bond motifs is 4. The van der Waals surface area contributed by atoms with Crippen molar-refractivity contribution in [3.05, 3.63) is 58.3 Å². The average molecular weight is 465 g/mol. The van der Waals surface area contributed by atoms with Crippen molar-refractivity contribution in [3.63, 3.8) is 0 Å². The van der Waals surface area contributed by atoms with E-state index < -0.39 is 17.7 Å². The minimum atomic E-state index is -1.14. The van der Waals surface area contributed by atoms with Gasteiger partial charge in [0.2, 0.25) is 5.72 Å². The topological polar surface area (TPSA) is 50.8 Å². The van der Waals surface area contributed by atoms with E-state index in [4.69, 9.17) is 21.7 Å². The van der Waals surface area contributed by atoms with Crippen LogP contribution in [0, 0.1) is 11.7 Å².